The third-order valence-electron chi connectivity index (χ3n) is 4.42. The zero-order chi connectivity index (χ0) is 16.4. The topological polar surface area (TPSA) is 112 Å². The van der Waals surface area contributed by atoms with Crippen molar-refractivity contribution in [3.05, 3.63) is 17.9 Å². The lowest BCUT2D eigenvalue weighted by atomic mass is 9.74. The molecule has 2 rings (SSSR count). The molecule has 0 aliphatic heterocycles. The van der Waals surface area contributed by atoms with Gasteiger partial charge in [0.25, 0.3) is 10.0 Å². The maximum atomic E-state index is 12.5. The lowest BCUT2D eigenvalue weighted by molar-refractivity contribution is 0.0600. The Morgan fingerprint density at radius 2 is 2.27 bits per heavy atom. The van der Waals surface area contributed by atoms with Gasteiger partial charge in [0.05, 0.1) is 12.7 Å². The number of furan rings is 1. The number of nitrogens with two attached hydrogens (primary N) is 1. The van der Waals surface area contributed by atoms with E-state index in [1.165, 1.54) is 7.11 Å². The van der Waals surface area contributed by atoms with Gasteiger partial charge in [-0.15, -0.1) is 0 Å². The summed E-state index contributed by atoms with van der Waals surface area (Å²) in [6.07, 6.45) is 4.67. The average molecular weight is 330 g/mol. The Morgan fingerprint density at radius 1 is 1.55 bits per heavy atom. The van der Waals surface area contributed by atoms with Crippen molar-refractivity contribution < 1.29 is 22.4 Å². The number of esters is 1. The second-order valence-corrected chi connectivity index (χ2v) is 7.37. The number of hydrogen-bond donors (Lipinski definition) is 2. The summed E-state index contributed by atoms with van der Waals surface area (Å²) in [4.78, 5) is 11.4. The van der Waals surface area contributed by atoms with Crippen LogP contribution in [0.25, 0.3) is 0 Å². The summed E-state index contributed by atoms with van der Waals surface area (Å²) in [5, 5.41) is -0.307. The van der Waals surface area contributed by atoms with E-state index in [-0.39, 0.29) is 23.1 Å². The van der Waals surface area contributed by atoms with Gasteiger partial charge in [-0.1, -0.05) is 19.8 Å². The van der Waals surface area contributed by atoms with Gasteiger partial charge in [0.1, 0.15) is 6.26 Å². The van der Waals surface area contributed by atoms with E-state index in [0.29, 0.717) is 6.42 Å². The zero-order valence-electron chi connectivity index (χ0n) is 12.8. The smallest absolute Gasteiger partial charge is 0.341 e. The Hall–Kier alpha value is -1.38. The predicted molar refractivity (Wildman–Crippen MR) is 79.8 cm³/mol. The fourth-order valence-corrected chi connectivity index (χ4v) is 4.39. The Morgan fingerprint density at radius 3 is 2.86 bits per heavy atom. The highest BCUT2D eigenvalue weighted by atomic mass is 32.2. The third-order valence-corrected chi connectivity index (χ3v) is 5.84. The zero-order valence-corrected chi connectivity index (χ0v) is 13.6. The molecule has 0 radical (unpaired) electrons. The van der Waals surface area contributed by atoms with Crippen LogP contribution in [-0.2, 0) is 14.8 Å². The molecule has 1 aliphatic carbocycles. The van der Waals surface area contributed by atoms with Crippen LogP contribution >= 0.6 is 0 Å². The van der Waals surface area contributed by atoms with E-state index in [9.17, 15) is 13.2 Å². The summed E-state index contributed by atoms with van der Waals surface area (Å²) < 4.78 is 37.3. The van der Waals surface area contributed by atoms with Crippen LogP contribution in [0.1, 0.15) is 43.0 Å². The Labute approximate surface area is 130 Å². The highest BCUT2D eigenvalue weighted by molar-refractivity contribution is 7.89. The molecule has 0 spiro atoms. The van der Waals surface area contributed by atoms with Gasteiger partial charge in [-0.05, 0) is 18.8 Å². The van der Waals surface area contributed by atoms with Crippen LogP contribution in [-0.4, -0.2) is 33.6 Å². The minimum Gasteiger partial charge on any atom is -0.465 e. The summed E-state index contributed by atoms with van der Waals surface area (Å²) in [5.74, 6) is -0.513. The van der Waals surface area contributed by atoms with E-state index >= 15 is 0 Å². The summed E-state index contributed by atoms with van der Waals surface area (Å²) >= 11 is 0. The number of hydrogen-bond acceptors (Lipinski definition) is 6. The van der Waals surface area contributed by atoms with E-state index < -0.39 is 21.5 Å². The number of sulfonamides is 1. The molecule has 3 N–H and O–H groups in total. The summed E-state index contributed by atoms with van der Waals surface area (Å²) in [6, 6.07) is 1.16. The van der Waals surface area contributed by atoms with E-state index in [0.717, 1.165) is 31.6 Å². The minimum atomic E-state index is -3.89. The molecule has 124 valence electrons. The van der Waals surface area contributed by atoms with Crippen LogP contribution in [0.5, 0.6) is 0 Å². The van der Waals surface area contributed by atoms with Gasteiger partial charge >= 0.3 is 5.97 Å². The van der Waals surface area contributed by atoms with Crippen molar-refractivity contribution in [1.29, 1.82) is 0 Å². The number of ether oxygens (including phenoxy) is 1. The van der Waals surface area contributed by atoms with Crippen LogP contribution in [0.3, 0.4) is 0 Å². The molecule has 0 saturated heterocycles. The first-order valence-corrected chi connectivity index (χ1v) is 8.74. The van der Waals surface area contributed by atoms with Crippen molar-refractivity contribution in [3.63, 3.8) is 0 Å². The molecule has 1 fully saturated rings. The Kier molecular flexibility index (Phi) is 4.93. The molecule has 0 bridgehead atoms. The number of rotatable bonds is 5. The van der Waals surface area contributed by atoms with Gasteiger partial charge in [-0.2, -0.15) is 0 Å². The Bertz CT molecular complexity index is 639. The molecular formula is C14H22N2O5S. The first-order chi connectivity index (χ1) is 10.3. The lowest BCUT2D eigenvalue weighted by Crippen LogP contribution is -2.58. The maximum absolute atomic E-state index is 12.5. The van der Waals surface area contributed by atoms with Crippen molar-refractivity contribution in [3.8, 4) is 0 Å². The molecule has 1 saturated carbocycles. The molecule has 1 aromatic rings. The molecule has 7 nitrogen and oxygen atoms in total. The fourth-order valence-electron chi connectivity index (χ4n) is 2.91. The number of carbonyl (C=O) groups excluding carboxylic acids is 1. The third kappa shape index (κ3) is 3.18. The van der Waals surface area contributed by atoms with Crippen molar-refractivity contribution in [2.24, 2.45) is 11.7 Å². The van der Waals surface area contributed by atoms with Gasteiger partial charge in [0, 0.05) is 18.2 Å². The standard InChI is InChI=1S/C14H22N2O5S/c1-10-5-3-4-6-14(10,9-15)16-22(18,19)12-7-11(8-21-12)13(17)20-2/h7-8,10,16H,3-6,9,15H2,1-2H3. The molecule has 0 amide bonds. The van der Waals surface area contributed by atoms with Gasteiger partial charge in [0.15, 0.2) is 0 Å². The predicted octanol–water partition coefficient (Wildman–Crippen LogP) is 1.25. The molecule has 0 aromatic carbocycles. The van der Waals surface area contributed by atoms with Gasteiger partial charge in [-0.25, -0.2) is 17.9 Å². The fraction of sp³-hybridized carbons (Fsp3) is 0.643. The maximum Gasteiger partial charge on any atom is 0.341 e. The monoisotopic (exact) mass is 330 g/mol. The first kappa shape index (κ1) is 17.0. The SMILES string of the molecule is COC(=O)c1coc(S(=O)(=O)NC2(CN)CCCCC2C)c1. The van der Waals surface area contributed by atoms with Crippen LogP contribution in [0.15, 0.2) is 21.8 Å². The first-order valence-electron chi connectivity index (χ1n) is 7.25. The van der Waals surface area contributed by atoms with Gasteiger partial charge in [0.2, 0.25) is 5.09 Å². The molecule has 2 unspecified atom stereocenters. The summed E-state index contributed by atoms with van der Waals surface area (Å²) in [6.45, 7) is 2.22. The normalized spacial score (nSPS) is 25.9. The largest absolute Gasteiger partial charge is 0.465 e. The minimum absolute atomic E-state index is 0.0568. The second-order valence-electron chi connectivity index (χ2n) is 5.76. The highest BCUT2D eigenvalue weighted by Gasteiger charge is 2.41. The number of methoxy groups -OCH3 is 1. The van der Waals surface area contributed by atoms with Crippen molar-refractivity contribution in [1.82, 2.24) is 4.72 Å². The van der Waals surface area contributed by atoms with Crippen LogP contribution in [0, 0.1) is 5.92 Å². The van der Waals surface area contributed by atoms with Gasteiger partial charge < -0.3 is 14.9 Å². The number of nitrogens with one attached hydrogen (secondary N) is 1. The molecule has 22 heavy (non-hydrogen) atoms. The Balaban J connectivity index is 2.26. The van der Waals surface area contributed by atoms with E-state index in [1.807, 2.05) is 6.92 Å². The van der Waals surface area contributed by atoms with Crippen molar-refractivity contribution >= 4 is 16.0 Å². The van der Waals surface area contributed by atoms with E-state index in [1.54, 1.807) is 0 Å². The van der Waals surface area contributed by atoms with E-state index in [2.05, 4.69) is 9.46 Å². The highest BCUT2D eigenvalue weighted by Crippen LogP contribution is 2.34. The number of carbonyl (C=O) groups is 1. The molecule has 1 aromatic heterocycles. The second kappa shape index (κ2) is 6.39. The van der Waals surface area contributed by atoms with Crippen LogP contribution in [0.4, 0.5) is 0 Å². The van der Waals surface area contributed by atoms with Crippen molar-refractivity contribution in [2.75, 3.05) is 13.7 Å². The van der Waals surface area contributed by atoms with Crippen LogP contribution in [0.2, 0.25) is 0 Å². The molecule has 1 heterocycles. The molecule has 2 atom stereocenters. The lowest BCUT2D eigenvalue weighted by Gasteiger charge is -2.41. The van der Waals surface area contributed by atoms with Gasteiger partial charge in [-0.3, -0.25) is 0 Å². The molecule has 1 aliphatic rings. The quantitative estimate of drug-likeness (QED) is 0.786. The molecule has 8 heteroatoms. The summed E-state index contributed by atoms with van der Waals surface area (Å²) in [5.41, 5.74) is 5.24. The summed E-state index contributed by atoms with van der Waals surface area (Å²) in [7, 11) is -2.67. The van der Waals surface area contributed by atoms with E-state index in [4.69, 9.17) is 10.2 Å². The van der Waals surface area contributed by atoms with Crippen molar-refractivity contribution in [2.45, 2.75) is 43.2 Å². The average Bonchev–Trinajstić information content (AvgIpc) is 2.99. The van der Waals surface area contributed by atoms with Crippen LogP contribution < -0.4 is 10.5 Å². The molecular weight excluding hydrogens is 308 g/mol.